The summed E-state index contributed by atoms with van der Waals surface area (Å²) >= 11 is 0. The van der Waals surface area contributed by atoms with Crippen molar-refractivity contribution in [3.05, 3.63) is 59.2 Å². The second-order valence-corrected chi connectivity index (χ2v) is 8.54. The van der Waals surface area contributed by atoms with Crippen LogP contribution in [-0.2, 0) is 0 Å². The van der Waals surface area contributed by atoms with Crippen molar-refractivity contribution in [1.29, 1.82) is 0 Å². The molecule has 178 valence electrons. The van der Waals surface area contributed by atoms with Gasteiger partial charge in [0.1, 0.15) is 29.6 Å². The standard InChI is InChI=1S/C24H22F5N5/c1-5-33(18-11-15(10-17(26)12-18)8-9-23(2,3)24(27,28)29)21-19-13-16(25)6-7-20(19)34-14-32(4)31-22(34)30-21/h6-7,10-13H,5,14H2,1-4H3. The van der Waals surface area contributed by atoms with Crippen LogP contribution in [-0.4, -0.2) is 43.2 Å². The molecule has 2 heterocycles. The van der Waals surface area contributed by atoms with E-state index in [0.29, 0.717) is 41.9 Å². The number of fused-ring (bicyclic) bond motifs is 3. The average Bonchev–Trinajstić information content (AvgIpc) is 3.12. The largest absolute Gasteiger partial charge is 0.404 e. The summed E-state index contributed by atoms with van der Waals surface area (Å²) in [5.74, 6) is 4.27. The Labute approximate surface area is 194 Å². The number of halogens is 5. The minimum atomic E-state index is -4.53. The number of aliphatic imine (C=N–C) groups is 1. The molecule has 0 unspecified atom stereocenters. The van der Waals surface area contributed by atoms with Crippen molar-refractivity contribution in [3.8, 4) is 11.8 Å². The highest BCUT2D eigenvalue weighted by atomic mass is 19.4. The van der Waals surface area contributed by atoms with Gasteiger partial charge < -0.3 is 4.90 Å². The first-order valence-corrected chi connectivity index (χ1v) is 10.5. The first-order chi connectivity index (χ1) is 15.9. The minimum Gasteiger partial charge on any atom is -0.326 e. The molecule has 10 heteroatoms. The van der Waals surface area contributed by atoms with Crippen LogP contribution in [0.3, 0.4) is 0 Å². The first-order valence-electron chi connectivity index (χ1n) is 10.5. The maximum atomic E-state index is 14.5. The topological polar surface area (TPSA) is 34.4 Å². The highest BCUT2D eigenvalue weighted by Gasteiger charge is 2.46. The number of guanidine groups is 1. The third kappa shape index (κ3) is 4.30. The van der Waals surface area contributed by atoms with E-state index in [1.54, 1.807) is 29.9 Å². The number of hydrazone groups is 1. The predicted octanol–water partition coefficient (Wildman–Crippen LogP) is 5.17. The van der Waals surface area contributed by atoms with Gasteiger partial charge in [0.15, 0.2) is 0 Å². The number of hydrogen-bond donors (Lipinski definition) is 0. The van der Waals surface area contributed by atoms with Gasteiger partial charge in [0.05, 0.1) is 5.69 Å². The van der Waals surface area contributed by atoms with Crippen LogP contribution < -0.4 is 9.80 Å². The molecule has 0 atom stereocenters. The highest BCUT2D eigenvalue weighted by Crippen LogP contribution is 2.37. The number of rotatable bonds is 2. The zero-order chi connectivity index (χ0) is 24.8. The van der Waals surface area contributed by atoms with Crippen LogP contribution in [0.2, 0.25) is 0 Å². The third-order valence-electron chi connectivity index (χ3n) is 5.54. The molecule has 2 aromatic rings. The molecule has 0 aromatic heterocycles. The maximum absolute atomic E-state index is 14.5. The minimum absolute atomic E-state index is 0.0845. The molecule has 0 saturated heterocycles. The van der Waals surface area contributed by atoms with Crippen molar-refractivity contribution < 1.29 is 22.0 Å². The van der Waals surface area contributed by atoms with Crippen LogP contribution in [0.1, 0.15) is 31.9 Å². The van der Waals surface area contributed by atoms with E-state index in [1.807, 2.05) is 4.90 Å². The monoisotopic (exact) mass is 475 g/mol. The average molecular weight is 475 g/mol. The van der Waals surface area contributed by atoms with Crippen LogP contribution in [0.15, 0.2) is 46.5 Å². The summed E-state index contributed by atoms with van der Waals surface area (Å²) in [4.78, 5) is 8.08. The Morgan fingerprint density at radius 3 is 2.47 bits per heavy atom. The van der Waals surface area contributed by atoms with Crippen molar-refractivity contribution in [2.24, 2.45) is 15.5 Å². The molecule has 4 rings (SSSR count). The fraction of sp³-hybridized carbons (Fsp3) is 0.333. The molecule has 0 amide bonds. The number of benzene rings is 2. The van der Waals surface area contributed by atoms with Gasteiger partial charge in [-0.2, -0.15) is 18.2 Å². The van der Waals surface area contributed by atoms with Gasteiger partial charge in [0.25, 0.3) is 5.96 Å². The fourth-order valence-corrected chi connectivity index (χ4v) is 3.61. The first kappa shape index (κ1) is 23.5. The normalized spacial score (nSPS) is 15.2. The van der Waals surface area contributed by atoms with Gasteiger partial charge in [-0.3, -0.25) is 9.91 Å². The lowest BCUT2D eigenvalue weighted by atomic mass is 9.93. The summed E-state index contributed by atoms with van der Waals surface area (Å²) in [5, 5.41) is 6.06. The summed E-state index contributed by atoms with van der Waals surface area (Å²) < 4.78 is 68.2. The molecule has 2 aliphatic heterocycles. The lowest BCUT2D eigenvalue weighted by Gasteiger charge is -2.32. The Balaban J connectivity index is 1.80. The van der Waals surface area contributed by atoms with E-state index in [1.165, 1.54) is 24.3 Å². The molecular weight excluding hydrogens is 453 g/mol. The van der Waals surface area contributed by atoms with Crippen LogP contribution in [0.5, 0.6) is 0 Å². The lowest BCUT2D eigenvalue weighted by Crippen LogP contribution is -2.40. The summed E-state index contributed by atoms with van der Waals surface area (Å²) in [6.45, 7) is 4.49. The zero-order valence-corrected chi connectivity index (χ0v) is 19.0. The van der Waals surface area contributed by atoms with E-state index < -0.39 is 23.2 Å². The zero-order valence-electron chi connectivity index (χ0n) is 19.0. The second-order valence-electron chi connectivity index (χ2n) is 8.54. The van der Waals surface area contributed by atoms with E-state index in [0.717, 1.165) is 19.9 Å². The van der Waals surface area contributed by atoms with E-state index in [-0.39, 0.29) is 5.56 Å². The number of hydrogen-bond acceptors (Lipinski definition) is 5. The second kappa shape index (κ2) is 8.31. The van der Waals surface area contributed by atoms with Crippen molar-refractivity contribution >= 4 is 23.2 Å². The SMILES string of the molecule is CCN(C1=NC2=NN(C)CN2c2ccc(F)cc21)c1cc(F)cc(C#CC(C)(C)C(F)(F)F)c1. The molecular formula is C24H22F5N5. The summed E-state index contributed by atoms with van der Waals surface area (Å²) in [6.07, 6.45) is -4.53. The molecule has 0 spiro atoms. The number of anilines is 2. The van der Waals surface area contributed by atoms with Crippen molar-refractivity contribution in [2.45, 2.75) is 26.9 Å². The maximum Gasteiger partial charge on any atom is 0.404 e. The molecule has 0 saturated carbocycles. The Morgan fingerprint density at radius 1 is 1.06 bits per heavy atom. The van der Waals surface area contributed by atoms with Crippen LogP contribution >= 0.6 is 0 Å². The summed E-state index contributed by atoms with van der Waals surface area (Å²) in [7, 11) is 1.78. The summed E-state index contributed by atoms with van der Waals surface area (Å²) in [5.41, 5.74) is -0.668. The Kier molecular flexibility index (Phi) is 5.75. The van der Waals surface area contributed by atoms with Crippen LogP contribution in [0.25, 0.3) is 0 Å². The van der Waals surface area contributed by atoms with Crippen molar-refractivity contribution in [2.75, 3.05) is 30.1 Å². The predicted molar refractivity (Wildman–Crippen MR) is 122 cm³/mol. The molecule has 0 radical (unpaired) electrons. The molecule has 2 aliphatic rings. The molecule has 0 aliphatic carbocycles. The molecule has 5 nitrogen and oxygen atoms in total. The van der Waals surface area contributed by atoms with E-state index in [4.69, 9.17) is 0 Å². The van der Waals surface area contributed by atoms with E-state index in [9.17, 15) is 22.0 Å². The van der Waals surface area contributed by atoms with Gasteiger partial charge in [-0.15, -0.1) is 5.10 Å². The van der Waals surface area contributed by atoms with Gasteiger partial charge >= 0.3 is 6.18 Å². The van der Waals surface area contributed by atoms with Crippen molar-refractivity contribution in [1.82, 2.24) is 5.01 Å². The quantitative estimate of drug-likeness (QED) is 0.444. The lowest BCUT2D eigenvalue weighted by molar-refractivity contribution is -0.190. The summed E-state index contributed by atoms with van der Waals surface area (Å²) in [6, 6.07) is 8.11. The Hall–Kier alpha value is -3.61. The van der Waals surface area contributed by atoms with Crippen LogP contribution in [0, 0.1) is 28.9 Å². The molecule has 0 bridgehead atoms. The number of nitrogens with zero attached hydrogens (tertiary/aromatic N) is 5. The molecule has 0 N–H and O–H groups in total. The fourth-order valence-electron chi connectivity index (χ4n) is 3.61. The van der Waals surface area contributed by atoms with Crippen molar-refractivity contribution in [3.63, 3.8) is 0 Å². The van der Waals surface area contributed by atoms with Crippen LogP contribution in [0.4, 0.5) is 33.3 Å². The Morgan fingerprint density at radius 2 is 1.79 bits per heavy atom. The molecule has 2 aromatic carbocycles. The van der Waals surface area contributed by atoms with Gasteiger partial charge in [0, 0.05) is 30.4 Å². The third-order valence-corrected chi connectivity index (χ3v) is 5.54. The van der Waals surface area contributed by atoms with Gasteiger partial charge in [-0.25, -0.2) is 8.78 Å². The highest BCUT2D eigenvalue weighted by molar-refractivity contribution is 6.23. The Bertz CT molecular complexity index is 1250. The number of amidine groups is 1. The molecule has 34 heavy (non-hydrogen) atoms. The van der Waals surface area contributed by atoms with Gasteiger partial charge in [-0.05, 0) is 57.2 Å². The molecule has 0 fully saturated rings. The van der Waals surface area contributed by atoms with E-state index >= 15 is 0 Å². The van der Waals surface area contributed by atoms with E-state index in [2.05, 4.69) is 21.9 Å². The number of alkyl halides is 3. The smallest absolute Gasteiger partial charge is 0.326 e. The van der Waals surface area contributed by atoms with Gasteiger partial charge in [0.2, 0.25) is 0 Å². The van der Waals surface area contributed by atoms with Gasteiger partial charge in [-0.1, -0.05) is 11.8 Å².